The molecule has 0 saturated carbocycles. The van der Waals surface area contributed by atoms with Gasteiger partial charge in [0.2, 0.25) is 0 Å². The molecule has 0 radical (unpaired) electrons. The molecule has 4 heterocycles. The molecule has 4 rings (SSSR count). The van der Waals surface area contributed by atoms with E-state index in [0.717, 1.165) is 23.0 Å². The number of hydrogen-bond acceptors (Lipinski definition) is 5. The predicted molar refractivity (Wildman–Crippen MR) is 96.7 cm³/mol. The largest absolute Gasteiger partial charge is 0.347 e. The molecule has 0 bridgehead atoms. The lowest BCUT2D eigenvalue weighted by molar-refractivity contribution is 0.189. The van der Waals surface area contributed by atoms with Gasteiger partial charge in [-0.25, -0.2) is 9.97 Å². The van der Waals surface area contributed by atoms with Crippen LogP contribution in [0, 0.1) is 0 Å². The summed E-state index contributed by atoms with van der Waals surface area (Å²) in [6.07, 6.45) is 10.8. The van der Waals surface area contributed by atoms with E-state index in [0.29, 0.717) is 13.1 Å². The van der Waals surface area contributed by atoms with Crippen molar-refractivity contribution in [3.8, 4) is 0 Å². The van der Waals surface area contributed by atoms with E-state index in [2.05, 4.69) is 34.8 Å². The lowest BCUT2D eigenvalue weighted by Gasteiger charge is -2.28. The van der Waals surface area contributed by atoms with E-state index in [-0.39, 0.29) is 6.04 Å². The SMILES string of the molecule is c1ccc(CN(Cc2ccccn2)C(c2ncc[nH]2)c2ncc[nH]2)nc1. The minimum atomic E-state index is -0.163. The standard InChI is InChI=1S/C19H19N7/c1-3-7-20-15(5-1)13-26(14-16-6-2-4-8-21-16)17(18-22-9-10-23-18)19-24-11-12-25-19/h1-12,17H,13-14H2,(H,22,23)(H,24,25). The second-order valence-corrected chi connectivity index (χ2v) is 5.90. The maximum Gasteiger partial charge on any atom is 0.131 e. The molecule has 0 aliphatic heterocycles. The van der Waals surface area contributed by atoms with Crippen molar-refractivity contribution in [1.82, 2.24) is 34.8 Å². The predicted octanol–water partition coefficient (Wildman–Crippen LogP) is 2.71. The van der Waals surface area contributed by atoms with Gasteiger partial charge in [0.25, 0.3) is 0 Å². The normalized spacial score (nSPS) is 11.3. The van der Waals surface area contributed by atoms with Crippen molar-refractivity contribution in [2.24, 2.45) is 0 Å². The molecular weight excluding hydrogens is 326 g/mol. The molecule has 0 amide bonds. The summed E-state index contributed by atoms with van der Waals surface area (Å²) in [6.45, 7) is 1.28. The quantitative estimate of drug-likeness (QED) is 0.538. The summed E-state index contributed by atoms with van der Waals surface area (Å²) < 4.78 is 0. The molecule has 0 spiro atoms. The van der Waals surface area contributed by atoms with Crippen molar-refractivity contribution in [3.63, 3.8) is 0 Å². The van der Waals surface area contributed by atoms with E-state index in [1.54, 1.807) is 12.4 Å². The Labute approximate surface area is 151 Å². The molecule has 4 aromatic rings. The van der Waals surface area contributed by atoms with E-state index in [9.17, 15) is 0 Å². The van der Waals surface area contributed by atoms with Crippen LogP contribution in [0.5, 0.6) is 0 Å². The first-order chi connectivity index (χ1) is 12.9. The number of H-pyrrole nitrogens is 2. The zero-order valence-corrected chi connectivity index (χ0v) is 14.2. The zero-order valence-electron chi connectivity index (χ0n) is 14.2. The highest BCUT2D eigenvalue weighted by Gasteiger charge is 2.27. The average Bonchev–Trinajstić information content (AvgIpc) is 3.38. The smallest absolute Gasteiger partial charge is 0.131 e. The van der Waals surface area contributed by atoms with Crippen LogP contribution >= 0.6 is 0 Å². The summed E-state index contributed by atoms with van der Waals surface area (Å²) in [5.74, 6) is 1.65. The van der Waals surface area contributed by atoms with Crippen molar-refractivity contribution in [1.29, 1.82) is 0 Å². The fourth-order valence-electron chi connectivity index (χ4n) is 2.97. The van der Waals surface area contributed by atoms with Crippen LogP contribution in [0.3, 0.4) is 0 Å². The van der Waals surface area contributed by atoms with Crippen LogP contribution < -0.4 is 0 Å². The van der Waals surface area contributed by atoms with E-state index < -0.39 is 0 Å². The minimum absolute atomic E-state index is 0.163. The Morgan fingerprint density at radius 3 is 1.62 bits per heavy atom. The van der Waals surface area contributed by atoms with E-state index in [1.807, 2.05) is 61.2 Å². The molecule has 0 saturated heterocycles. The fraction of sp³-hybridized carbons (Fsp3) is 0.158. The van der Waals surface area contributed by atoms with Crippen molar-refractivity contribution < 1.29 is 0 Å². The summed E-state index contributed by atoms with van der Waals surface area (Å²) >= 11 is 0. The molecule has 0 unspecified atom stereocenters. The topological polar surface area (TPSA) is 86.4 Å². The molecule has 0 fully saturated rings. The third-order valence-corrected chi connectivity index (χ3v) is 4.10. The number of nitrogens with zero attached hydrogens (tertiary/aromatic N) is 5. The van der Waals surface area contributed by atoms with Crippen LogP contribution in [0.25, 0.3) is 0 Å². The van der Waals surface area contributed by atoms with Gasteiger partial charge in [-0.3, -0.25) is 14.9 Å². The second kappa shape index (κ2) is 7.71. The molecule has 2 N–H and O–H groups in total. The number of nitrogens with one attached hydrogen (secondary N) is 2. The Balaban J connectivity index is 1.71. The second-order valence-electron chi connectivity index (χ2n) is 5.90. The van der Waals surface area contributed by atoms with E-state index in [4.69, 9.17) is 0 Å². The third kappa shape index (κ3) is 3.68. The van der Waals surface area contributed by atoms with Crippen LogP contribution in [0.2, 0.25) is 0 Å². The van der Waals surface area contributed by atoms with Gasteiger partial charge in [-0.1, -0.05) is 12.1 Å². The lowest BCUT2D eigenvalue weighted by atomic mass is 10.1. The Hall–Kier alpha value is -3.32. The number of aromatic nitrogens is 6. The summed E-state index contributed by atoms with van der Waals surface area (Å²) in [5.41, 5.74) is 1.96. The zero-order chi connectivity index (χ0) is 17.6. The number of aromatic amines is 2. The van der Waals surface area contributed by atoms with E-state index in [1.165, 1.54) is 0 Å². The molecule has 0 aliphatic rings. The summed E-state index contributed by atoms with van der Waals surface area (Å²) in [4.78, 5) is 26.6. The molecule has 0 aromatic carbocycles. The third-order valence-electron chi connectivity index (χ3n) is 4.10. The highest BCUT2D eigenvalue weighted by Crippen LogP contribution is 2.26. The van der Waals surface area contributed by atoms with Crippen LogP contribution in [0.15, 0.2) is 73.6 Å². The molecule has 26 heavy (non-hydrogen) atoms. The van der Waals surface area contributed by atoms with Gasteiger partial charge in [0.15, 0.2) is 0 Å². The first-order valence-electron chi connectivity index (χ1n) is 8.42. The van der Waals surface area contributed by atoms with E-state index >= 15 is 0 Å². The van der Waals surface area contributed by atoms with Gasteiger partial charge in [-0.05, 0) is 24.3 Å². The Morgan fingerprint density at radius 1 is 0.692 bits per heavy atom. The Morgan fingerprint density at radius 2 is 1.23 bits per heavy atom. The Bertz CT molecular complexity index is 814. The highest BCUT2D eigenvalue weighted by molar-refractivity contribution is 5.14. The maximum atomic E-state index is 4.48. The molecule has 0 aliphatic carbocycles. The van der Waals surface area contributed by atoms with Gasteiger partial charge in [0.05, 0.1) is 11.4 Å². The summed E-state index contributed by atoms with van der Waals surface area (Å²) in [7, 11) is 0. The summed E-state index contributed by atoms with van der Waals surface area (Å²) in [6, 6.07) is 11.7. The molecule has 7 nitrogen and oxygen atoms in total. The van der Waals surface area contributed by atoms with Gasteiger partial charge in [0, 0.05) is 50.3 Å². The van der Waals surface area contributed by atoms with Crippen molar-refractivity contribution in [2.75, 3.05) is 0 Å². The van der Waals surface area contributed by atoms with Crippen LogP contribution in [-0.2, 0) is 13.1 Å². The molecule has 130 valence electrons. The van der Waals surface area contributed by atoms with Crippen LogP contribution in [-0.4, -0.2) is 34.8 Å². The van der Waals surface area contributed by atoms with Gasteiger partial charge in [-0.2, -0.15) is 0 Å². The van der Waals surface area contributed by atoms with Crippen molar-refractivity contribution >= 4 is 0 Å². The summed E-state index contributed by atoms with van der Waals surface area (Å²) in [5, 5.41) is 0. The molecular formula is C19H19N7. The monoisotopic (exact) mass is 345 g/mol. The highest BCUT2D eigenvalue weighted by atomic mass is 15.2. The number of rotatable bonds is 7. The molecule has 0 atom stereocenters. The molecule has 7 heteroatoms. The average molecular weight is 345 g/mol. The van der Waals surface area contributed by atoms with Gasteiger partial charge >= 0.3 is 0 Å². The van der Waals surface area contributed by atoms with Gasteiger partial charge in [-0.15, -0.1) is 0 Å². The number of pyridine rings is 2. The number of hydrogen-bond donors (Lipinski definition) is 2. The maximum absolute atomic E-state index is 4.48. The first-order valence-corrected chi connectivity index (χ1v) is 8.42. The van der Waals surface area contributed by atoms with Crippen LogP contribution in [0.1, 0.15) is 29.1 Å². The first kappa shape index (κ1) is 16.2. The van der Waals surface area contributed by atoms with Crippen LogP contribution in [0.4, 0.5) is 0 Å². The number of imidazole rings is 2. The fourth-order valence-corrected chi connectivity index (χ4v) is 2.97. The lowest BCUT2D eigenvalue weighted by Crippen LogP contribution is -2.31. The minimum Gasteiger partial charge on any atom is -0.347 e. The Kier molecular flexibility index (Phi) is 4.79. The molecule has 4 aromatic heterocycles. The van der Waals surface area contributed by atoms with Crippen molar-refractivity contribution in [2.45, 2.75) is 19.1 Å². The van der Waals surface area contributed by atoms with Gasteiger partial charge in [0.1, 0.15) is 17.7 Å². The van der Waals surface area contributed by atoms with Gasteiger partial charge < -0.3 is 9.97 Å². The van der Waals surface area contributed by atoms with Crippen molar-refractivity contribution in [3.05, 3.63) is 96.6 Å².